The van der Waals surface area contributed by atoms with Crippen LogP contribution in [0, 0.1) is 6.92 Å². The second-order valence-corrected chi connectivity index (χ2v) is 5.62. The third kappa shape index (κ3) is 2.06. The average Bonchev–Trinajstić information content (AvgIpc) is 3.00. The minimum absolute atomic E-state index is 0.332. The van der Waals surface area contributed by atoms with E-state index in [2.05, 4.69) is 4.18 Å². The van der Waals surface area contributed by atoms with E-state index in [1.54, 1.807) is 12.1 Å². The van der Waals surface area contributed by atoms with E-state index >= 15 is 0 Å². The molecular weight excluding hydrogens is 212 g/mol. The summed E-state index contributed by atoms with van der Waals surface area (Å²) in [4.78, 5) is 0.332. The molecule has 15 heavy (non-hydrogen) atoms. The van der Waals surface area contributed by atoms with Crippen molar-refractivity contribution in [1.29, 1.82) is 0 Å². The molecule has 1 aliphatic rings. The van der Waals surface area contributed by atoms with E-state index in [-0.39, 0.29) is 0 Å². The predicted octanol–water partition coefficient (Wildman–Crippen LogP) is 2.21. The highest BCUT2D eigenvalue weighted by Crippen LogP contribution is 2.43. The van der Waals surface area contributed by atoms with Crippen LogP contribution < -0.4 is 0 Å². The van der Waals surface area contributed by atoms with Crippen LogP contribution in [0.15, 0.2) is 23.1 Å². The van der Waals surface area contributed by atoms with Crippen molar-refractivity contribution in [3.05, 3.63) is 29.3 Å². The van der Waals surface area contributed by atoms with Crippen molar-refractivity contribution >= 4 is 10.1 Å². The Morgan fingerprint density at radius 3 is 2.53 bits per heavy atom. The molecule has 1 fully saturated rings. The summed E-state index contributed by atoms with van der Waals surface area (Å²) in [6, 6.07) is 5.39. The van der Waals surface area contributed by atoms with Gasteiger partial charge in [-0.3, -0.25) is 4.18 Å². The summed E-state index contributed by atoms with van der Waals surface area (Å²) in [5.74, 6) is 0.407. The molecule has 0 aliphatic heterocycles. The summed E-state index contributed by atoms with van der Waals surface area (Å²) in [6.45, 7) is 1.97. The van der Waals surface area contributed by atoms with Crippen LogP contribution in [0.2, 0.25) is 0 Å². The Bertz CT molecular complexity index is 473. The topological polar surface area (TPSA) is 43.4 Å². The Hall–Kier alpha value is -0.870. The van der Waals surface area contributed by atoms with Gasteiger partial charge in [-0.2, -0.15) is 8.42 Å². The number of hydrogen-bond donors (Lipinski definition) is 0. The molecule has 0 bridgehead atoms. The zero-order valence-corrected chi connectivity index (χ0v) is 9.67. The molecular formula is C11H14O3S. The highest BCUT2D eigenvalue weighted by Gasteiger charge is 2.30. The van der Waals surface area contributed by atoms with Crippen molar-refractivity contribution in [2.45, 2.75) is 30.6 Å². The first-order valence-electron chi connectivity index (χ1n) is 4.96. The number of benzene rings is 1. The van der Waals surface area contributed by atoms with Gasteiger partial charge in [0.05, 0.1) is 12.0 Å². The maximum atomic E-state index is 11.6. The van der Waals surface area contributed by atoms with Crippen molar-refractivity contribution in [1.82, 2.24) is 0 Å². The molecule has 0 atom stereocenters. The molecule has 0 spiro atoms. The predicted molar refractivity (Wildman–Crippen MR) is 57.3 cm³/mol. The van der Waals surface area contributed by atoms with Crippen molar-refractivity contribution in [2.24, 2.45) is 0 Å². The van der Waals surface area contributed by atoms with Crippen LogP contribution in [-0.4, -0.2) is 15.5 Å². The zero-order chi connectivity index (χ0) is 11.1. The monoisotopic (exact) mass is 226 g/mol. The molecule has 0 aromatic heterocycles. The van der Waals surface area contributed by atoms with Gasteiger partial charge in [-0.15, -0.1) is 0 Å². The Balaban J connectivity index is 2.55. The molecule has 3 nitrogen and oxygen atoms in total. The fourth-order valence-electron chi connectivity index (χ4n) is 1.70. The largest absolute Gasteiger partial charge is 0.296 e. The van der Waals surface area contributed by atoms with Crippen molar-refractivity contribution < 1.29 is 12.6 Å². The first kappa shape index (κ1) is 10.6. The third-order valence-corrected chi connectivity index (χ3v) is 4.02. The Labute approximate surface area is 90.2 Å². The van der Waals surface area contributed by atoms with Gasteiger partial charge >= 0.3 is 0 Å². The molecule has 0 unspecified atom stereocenters. The number of rotatable bonds is 3. The van der Waals surface area contributed by atoms with Gasteiger partial charge in [0.25, 0.3) is 10.1 Å². The lowest BCUT2D eigenvalue weighted by Crippen LogP contribution is -2.06. The lowest BCUT2D eigenvalue weighted by atomic mass is 10.1. The smallest absolute Gasteiger partial charge is 0.270 e. The molecule has 2 rings (SSSR count). The second-order valence-electron chi connectivity index (χ2n) is 3.94. The first-order chi connectivity index (χ1) is 7.04. The summed E-state index contributed by atoms with van der Waals surface area (Å²) in [6.07, 6.45) is 2.16. The van der Waals surface area contributed by atoms with Crippen LogP contribution >= 0.6 is 0 Å². The summed E-state index contributed by atoms with van der Waals surface area (Å²) in [5.41, 5.74) is 2.00. The van der Waals surface area contributed by atoms with Crippen LogP contribution in [0.4, 0.5) is 0 Å². The van der Waals surface area contributed by atoms with Crippen molar-refractivity contribution in [3.63, 3.8) is 0 Å². The summed E-state index contributed by atoms with van der Waals surface area (Å²) < 4.78 is 27.8. The van der Waals surface area contributed by atoms with Crippen molar-refractivity contribution in [2.75, 3.05) is 7.11 Å². The van der Waals surface area contributed by atoms with Gasteiger partial charge in [-0.25, -0.2) is 0 Å². The summed E-state index contributed by atoms with van der Waals surface area (Å²) in [5, 5.41) is 0. The number of aryl methyl sites for hydroxylation is 1. The van der Waals surface area contributed by atoms with Crippen molar-refractivity contribution in [3.8, 4) is 0 Å². The molecule has 0 heterocycles. The van der Waals surface area contributed by atoms with Gasteiger partial charge in [0.15, 0.2) is 0 Å². The minimum Gasteiger partial charge on any atom is -0.270 e. The van der Waals surface area contributed by atoms with Crippen LogP contribution in [0.1, 0.15) is 29.9 Å². The van der Waals surface area contributed by atoms with Crippen LogP contribution in [0.3, 0.4) is 0 Å². The van der Waals surface area contributed by atoms with E-state index in [1.165, 1.54) is 7.11 Å². The van der Waals surface area contributed by atoms with Gasteiger partial charge in [-0.05, 0) is 37.3 Å². The molecule has 0 amide bonds. The molecule has 1 saturated carbocycles. The highest BCUT2D eigenvalue weighted by atomic mass is 32.2. The van der Waals surface area contributed by atoms with E-state index in [1.807, 2.05) is 13.0 Å². The van der Waals surface area contributed by atoms with Gasteiger partial charge in [0, 0.05) is 0 Å². The first-order valence-corrected chi connectivity index (χ1v) is 6.36. The van der Waals surface area contributed by atoms with E-state index in [0.29, 0.717) is 10.8 Å². The highest BCUT2D eigenvalue weighted by molar-refractivity contribution is 7.86. The van der Waals surface area contributed by atoms with Gasteiger partial charge in [-0.1, -0.05) is 17.7 Å². The molecule has 0 radical (unpaired) electrons. The molecule has 0 saturated heterocycles. The molecule has 1 aromatic carbocycles. The second kappa shape index (κ2) is 3.61. The zero-order valence-electron chi connectivity index (χ0n) is 8.86. The van der Waals surface area contributed by atoms with Crippen LogP contribution in [0.25, 0.3) is 0 Å². The maximum Gasteiger partial charge on any atom is 0.296 e. The third-order valence-electron chi connectivity index (χ3n) is 2.67. The lowest BCUT2D eigenvalue weighted by Gasteiger charge is -2.08. The van der Waals surface area contributed by atoms with E-state index in [4.69, 9.17) is 0 Å². The van der Waals surface area contributed by atoms with E-state index in [0.717, 1.165) is 24.0 Å². The Kier molecular flexibility index (Phi) is 2.56. The fourth-order valence-corrected chi connectivity index (χ4v) is 2.63. The van der Waals surface area contributed by atoms with Crippen LogP contribution in [0.5, 0.6) is 0 Å². The normalized spacial score (nSPS) is 16.7. The summed E-state index contributed by atoms with van der Waals surface area (Å²) >= 11 is 0. The fraction of sp³-hybridized carbons (Fsp3) is 0.455. The standard InChI is InChI=1S/C11H14O3S/c1-8-3-6-11(15(12,13)14-2)10(7-8)9-4-5-9/h3,6-7,9H,4-5H2,1-2H3. The molecule has 82 valence electrons. The number of hydrogen-bond acceptors (Lipinski definition) is 3. The Morgan fingerprint density at radius 2 is 2.00 bits per heavy atom. The lowest BCUT2D eigenvalue weighted by molar-refractivity contribution is 0.397. The quantitative estimate of drug-likeness (QED) is 0.742. The van der Waals surface area contributed by atoms with Gasteiger partial charge < -0.3 is 0 Å². The van der Waals surface area contributed by atoms with E-state index < -0.39 is 10.1 Å². The molecule has 4 heteroatoms. The maximum absolute atomic E-state index is 11.6. The van der Waals surface area contributed by atoms with E-state index in [9.17, 15) is 8.42 Å². The molecule has 1 aromatic rings. The SMILES string of the molecule is COS(=O)(=O)c1ccc(C)cc1C1CC1. The average molecular weight is 226 g/mol. The van der Waals surface area contributed by atoms with Gasteiger partial charge in [0.2, 0.25) is 0 Å². The summed E-state index contributed by atoms with van der Waals surface area (Å²) in [7, 11) is -2.35. The Morgan fingerprint density at radius 1 is 1.33 bits per heavy atom. The molecule has 0 N–H and O–H groups in total. The van der Waals surface area contributed by atoms with Gasteiger partial charge in [0.1, 0.15) is 0 Å². The molecule has 1 aliphatic carbocycles. The van der Waals surface area contributed by atoms with Crippen LogP contribution in [-0.2, 0) is 14.3 Å². The minimum atomic E-state index is -3.55.